The van der Waals surface area contributed by atoms with E-state index in [0.717, 1.165) is 19.6 Å². The molecule has 15 heavy (non-hydrogen) atoms. The molecule has 0 unspecified atom stereocenters. The first kappa shape index (κ1) is 11.2. The number of allylic oxidation sites excluding steroid dienone is 2. The van der Waals surface area contributed by atoms with Gasteiger partial charge in [-0.2, -0.15) is 0 Å². The number of hydrogen-bond donors (Lipinski definition) is 0. The molecule has 0 aromatic rings. The zero-order chi connectivity index (χ0) is 11.1. The summed E-state index contributed by atoms with van der Waals surface area (Å²) in [4.78, 5) is 0. The van der Waals surface area contributed by atoms with Crippen LogP contribution in [0.3, 0.4) is 0 Å². The molecular weight excluding hydrogens is 188 g/mol. The van der Waals surface area contributed by atoms with Crippen LogP contribution in [0.25, 0.3) is 0 Å². The minimum absolute atomic E-state index is 0.0219. The highest BCUT2D eigenvalue weighted by molar-refractivity contribution is 5.19. The smallest absolute Gasteiger partial charge is 0.103 e. The molecule has 0 spiro atoms. The van der Waals surface area contributed by atoms with Crippen molar-refractivity contribution in [3.63, 3.8) is 0 Å². The number of hydrogen-bond acceptors (Lipinski definition) is 2. The molecule has 1 heterocycles. The van der Waals surface area contributed by atoms with Gasteiger partial charge in [0.25, 0.3) is 0 Å². The Morgan fingerprint density at radius 2 is 2.20 bits per heavy atom. The molecule has 1 saturated carbocycles. The number of fused-ring (bicyclic) bond motifs is 1. The maximum atomic E-state index is 6.02. The van der Waals surface area contributed by atoms with E-state index in [-0.39, 0.29) is 11.2 Å². The highest BCUT2D eigenvalue weighted by Crippen LogP contribution is 2.58. The Morgan fingerprint density at radius 3 is 2.80 bits per heavy atom. The molecule has 2 rings (SSSR count). The van der Waals surface area contributed by atoms with Gasteiger partial charge in [-0.15, -0.1) is 0 Å². The Morgan fingerprint density at radius 1 is 1.47 bits per heavy atom. The summed E-state index contributed by atoms with van der Waals surface area (Å²) in [5.74, 6) is 1.21. The standard InChI is InChI=1S/C13H22O2/c1-5-7-10-8-13(14-6-2)11(10)9-15-12(13,3)4/h5,7,10-11H,6,8-9H2,1-4H3/t10-,11+,13+/m1/s1. The molecule has 2 fully saturated rings. The summed E-state index contributed by atoms with van der Waals surface area (Å²) in [6.45, 7) is 10.1. The molecule has 3 atom stereocenters. The van der Waals surface area contributed by atoms with Gasteiger partial charge < -0.3 is 9.47 Å². The Balaban J connectivity index is 2.18. The molecule has 0 bridgehead atoms. The Bertz CT molecular complexity index is 270. The fourth-order valence-electron chi connectivity index (χ4n) is 3.25. The van der Waals surface area contributed by atoms with E-state index in [0.29, 0.717) is 11.8 Å². The summed E-state index contributed by atoms with van der Waals surface area (Å²) in [7, 11) is 0. The maximum absolute atomic E-state index is 6.02. The fourth-order valence-corrected chi connectivity index (χ4v) is 3.25. The minimum atomic E-state index is -0.119. The lowest BCUT2D eigenvalue weighted by molar-refractivity contribution is -0.197. The van der Waals surface area contributed by atoms with Gasteiger partial charge in [0.15, 0.2) is 0 Å². The maximum Gasteiger partial charge on any atom is 0.103 e. The molecule has 2 heteroatoms. The summed E-state index contributed by atoms with van der Waals surface area (Å²) < 4.78 is 11.9. The summed E-state index contributed by atoms with van der Waals surface area (Å²) in [6, 6.07) is 0. The molecule has 86 valence electrons. The van der Waals surface area contributed by atoms with Crippen molar-refractivity contribution in [3.8, 4) is 0 Å². The molecule has 1 aliphatic heterocycles. The molecule has 2 aliphatic rings. The van der Waals surface area contributed by atoms with Crippen LogP contribution >= 0.6 is 0 Å². The Kier molecular flexibility index (Phi) is 2.68. The third kappa shape index (κ3) is 1.38. The van der Waals surface area contributed by atoms with Gasteiger partial charge in [-0.1, -0.05) is 12.2 Å². The van der Waals surface area contributed by atoms with Gasteiger partial charge in [-0.3, -0.25) is 0 Å². The lowest BCUT2D eigenvalue weighted by Crippen LogP contribution is -2.62. The Labute approximate surface area is 92.6 Å². The molecule has 2 nitrogen and oxygen atoms in total. The summed E-state index contributed by atoms with van der Waals surface area (Å²) in [5, 5.41) is 0. The average Bonchev–Trinajstić information content (AvgIpc) is 2.33. The second-order valence-corrected chi connectivity index (χ2v) is 5.14. The number of ether oxygens (including phenoxy) is 2. The molecule has 0 N–H and O–H groups in total. The molecule has 1 saturated heterocycles. The van der Waals surface area contributed by atoms with Crippen molar-refractivity contribution in [1.29, 1.82) is 0 Å². The van der Waals surface area contributed by atoms with Crippen LogP contribution < -0.4 is 0 Å². The van der Waals surface area contributed by atoms with Crippen LogP contribution in [0, 0.1) is 11.8 Å². The molecule has 0 aromatic carbocycles. The zero-order valence-electron chi connectivity index (χ0n) is 10.2. The van der Waals surface area contributed by atoms with Crippen LogP contribution in [-0.2, 0) is 9.47 Å². The minimum Gasteiger partial charge on any atom is -0.372 e. The third-order valence-corrected chi connectivity index (χ3v) is 4.14. The second kappa shape index (κ2) is 3.60. The highest BCUT2D eigenvalue weighted by Gasteiger charge is 2.66. The quantitative estimate of drug-likeness (QED) is 0.667. The van der Waals surface area contributed by atoms with E-state index in [9.17, 15) is 0 Å². The molecule has 0 radical (unpaired) electrons. The summed E-state index contributed by atoms with van der Waals surface area (Å²) in [5.41, 5.74) is -0.141. The van der Waals surface area contributed by atoms with Crippen molar-refractivity contribution in [2.24, 2.45) is 11.8 Å². The van der Waals surface area contributed by atoms with Gasteiger partial charge in [0.2, 0.25) is 0 Å². The third-order valence-electron chi connectivity index (χ3n) is 4.14. The van der Waals surface area contributed by atoms with Crippen molar-refractivity contribution in [1.82, 2.24) is 0 Å². The van der Waals surface area contributed by atoms with E-state index >= 15 is 0 Å². The van der Waals surface area contributed by atoms with Crippen molar-refractivity contribution < 1.29 is 9.47 Å². The first-order chi connectivity index (χ1) is 7.07. The van der Waals surface area contributed by atoms with E-state index in [4.69, 9.17) is 9.47 Å². The highest BCUT2D eigenvalue weighted by atomic mass is 16.6. The van der Waals surface area contributed by atoms with Crippen LogP contribution in [0.15, 0.2) is 12.2 Å². The molecule has 0 amide bonds. The second-order valence-electron chi connectivity index (χ2n) is 5.14. The lowest BCUT2D eigenvalue weighted by Gasteiger charge is -2.54. The lowest BCUT2D eigenvalue weighted by atomic mass is 9.57. The molecule has 0 aromatic heterocycles. The predicted octanol–water partition coefficient (Wildman–Crippen LogP) is 2.78. The van der Waals surface area contributed by atoms with E-state index in [1.807, 2.05) is 0 Å². The zero-order valence-corrected chi connectivity index (χ0v) is 10.2. The van der Waals surface area contributed by atoms with Crippen LogP contribution in [-0.4, -0.2) is 24.4 Å². The number of rotatable bonds is 3. The van der Waals surface area contributed by atoms with E-state index in [1.54, 1.807) is 0 Å². The van der Waals surface area contributed by atoms with Gasteiger partial charge >= 0.3 is 0 Å². The topological polar surface area (TPSA) is 18.5 Å². The summed E-state index contributed by atoms with van der Waals surface area (Å²) in [6.07, 6.45) is 5.56. The molecular formula is C13H22O2. The van der Waals surface area contributed by atoms with Gasteiger partial charge in [-0.25, -0.2) is 0 Å². The van der Waals surface area contributed by atoms with Crippen molar-refractivity contribution in [3.05, 3.63) is 12.2 Å². The van der Waals surface area contributed by atoms with Gasteiger partial charge in [-0.05, 0) is 40.0 Å². The van der Waals surface area contributed by atoms with Crippen molar-refractivity contribution >= 4 is 0 Å². The van der Waals surface area contributed by atoms with E-state index in [1.165, 1.54) is 0 Å². The van der Waals surface area contributed by atoms with E-state index in [2.05, 4.69) is 39.8 Å². The normalized spacial score (nSPS) is 42.9. The van der Waals surface area contributed by atoms with Crippen molar-refractivity contribution in [2.75, 3.05) is 13.2 Å². The fraction of sp³-hybridized carbons (Fsp3) is 0.846. The van der Waals surface area contributed by atoms with Crippen LogP contribution in [0.5, 0.6) is 0 Å². The monoisotopic (exact) mass is 210 g/mol. The van der Waals surface area contributed by atoms with E-state index < -0.39 is 0 Å². The van der Waals surface area contributed by atoms with Crippen LogP contribution in [0.1, 0.15) is 34.1 Å². The van der Waals surface area contributed by atoms with Crippen LogP contribution in [0.2, 0.25) is 0 Å². The van der Waals surface area contributed by atoms with Gasteiger partial charge in [0.1, 0.15) is 5.60 Å². The first-order valence-corrected chi connectivity index (χ1v) is 5.98. The molecule has 1 aliphatic carbocycles. The van der Waals surface area contributed by atoms with Crippen LogP contribution in [0.4, 0.5) is 0 Å². The van der Waals surface area contributed by atoms with Gasteiger partial charge in [0.05, 0.1) is 12.2 Å². The first-order valence-electron chi connectivity index (χ1n) is 5.98. The van der Waals surface area contributed by atoms with Crippen molar-refractivity contribution in [2.45, 2.75) is 45.3 Å². The average molecular weight is 210 g/mol. The largest absolute Gasteiger partial charge is 0.372 e. The van der Waals surface area contributed by atoms with Gasteiger partial charge in [0, 0.05) is 12.5 Å². The predicted molar refractivity (Wildman–Crippen MR) is 60.8 cm³/mol. The summed E-state index contributed by atoms with van der Waals surface area (Å²) >= 11 is 0. The Hall–Kier alpha value is -0.340. The SMILES string of the molecule is CC=C[C@@H]1C[C@]2(OCC)[C@H]1COC2(C)C.